The third kappa shape index (κ3) is 3.80. The maximum Gasteiger partial charge on any atom is 0.169 e. The van der Waals surface area contributed by atoms with Crippen molar-refractivity contribution in [2.75, 3.05) is 19.8 Å². The molecule has 0 bridgehead atoms. The average molecular weight is 262 g/mol. The average Bonchev–Trinajstić information content (AvgIpc) is 2.83. The first kappa shape index (κ1) is 14.1. The van der Waals surface area contributed by atoms with Gasteiger partial charge in [-0.25, -0.2) is 0 Å². The van der Waals surface area contributed by atoms with Gasteiger partial charge in [0.25, 0.3) is 0 Å². The van der Waals surface area contributed by atoms with E-state index < -0.39 is 0 Å². The molecule has 0 fully saturated rings. The Hall–Kier alpha value is -1.36. The first-order valence-electron chi connectivity index (χ1n) is 6.84. The van der Waals surface area contributed by atoms with Gasteiger partial charge < -0.3 is 19.8 Å². The minimum Gasteiger partial charge on any atom is -0.361 e. The van der Waals surface area contributed by atoms with E-state index in [1.165, 1.54) is 16.5 Å². The van der Waals surface area contributed by atoms with Gasteiger partial charge in [-0.3, -0.25) is 0 Å². The summed E-state index contributed by atoms with van der Waals surface area (Å²) in [7, 11) is 0. The summed E-state index contributed by atoms with van der Waals surface area (Å²) in [5.41, 5.74) is 2.44. The Labute approximate surface area is 114 Å². The van der Waals surface area contributed by atoms with Crippen molar-refractivity contribution in [2.45, 2.75) is 26.7 Å². The lowest BCUT2D eigenvalue weighted by Crippen LogP contribution is -2.31. The zero-order chi connectivity index (χ0) is 13.5. The van der Waals surface area contributed by atoms with Crippen LogP contribution in [0.1, 0.15) is 19.4 Å². The van der Waals surface area contributed by atoms with E-state index >= 15 is 0 Å². The molecule has 4 nitrogen and oxygen atoms in total. The number of hydrogen-bond donors (Lipinski definition) is 2. The minimum absolute atomic E-state index is 0.166. The van der Waals surface area contributed by atoms with Crippen LogP contribution in [-0.4, -0.2) is 31.0 Å². The number of para-hydroxylation sites is 1. The van der Waals surface area contributed by atoms with Crippen molar-refractivity contribution in [1.82, 2.24) is 10.3 Å². The molecular formula is C15H22N2O2. The summed E-state index contributed by atoms with van der Waals surface area (Å²) < 4.78 is 11.0. The van der Waals surface area contributed by atoms with Crippen LogP contribution in [0.15, 0.2) is 30.5 Å². The maximum atomic E-state index is 5.50. The number of aromatic nitrogens is 1. The minimum atomic E-state index is -0.166. The first-order valence-corrected chi connectivity index (χ1v) is 6.84. The number of benzene rings is 1. The van der Waals surface area contributed by atoms with E-state index in [-0.39, 0.29) is 6.29 Å². The molecule has 2 N–H and O–H groups in total. The standard InChI is InChI=1S/C15H22N2O2/c1-3-18-15(19-4-2)11-16-9-12-10-17-14-8-6-5-7-13(12)14/h5-8,10,15-17H,3-4,9,11H2,1-2H3. The number of nitrogens with one attached hydrogen (secondary N) is 2. The second kappa shape index (κ2) is 7.28. The summed E-state index contributed by atoms with van der Waals surface area (Å²) in [5.74, 6) is 0. The van der Waals surface area contributed by atoms with Crippen molar-refractivity contribution < 1.29 is 9.47 Å². The molecule has 0 saturated heterocycles. The van der Waals surface area contributed by atoms with Gasteiger partial charge in [-0.15, -0.1) is 0 Å². The molecule has 0 amide bonds. The van der Waals surface area contributed by atoms with Gasteiger partial charge in [0.15, 0.2) is 6.29 Å². The Kier molecular flexibility index (Phi) is 5.39. The van der Waals surface area contributed by atoms with Crippen LogP contribution in [-0.2, 0) is 16.0 Å². The highest BCUT2D eigenvalue weighted by molar-refractivity contribution is 5.82. The fraction of sp³-hybridized carbons (Fsp3) is 0.467. The molecule has 0 unspecified atom stereocenters. The van der Waals surface area contributed by atoms with Gasteiger partial charge in [0.05, 0.1) is 0 Å². The molecule has 0 spiro atoms. The van der Waals surface area contributed by atoms with Gasteiger partial charge >= 0.3 is 0 Å². The Bertz CT molecular complexity index is 490. The second-order valence-corrected chi connectivity index (χ2v) is 4.33. The van der Waals surface area contributed by atoms with Crippen LogP contribution in [0.5, 0.6) is 0 Å². The lowest BCUT2D eigenvalue weighted by molar-refractivity contribution is -0.133. The zero-order valence-corrected chi connectivity index (χ0v) is 11.6. The predicted octanol–water partition coefficient (Wildman–Crippen LogP) is 2.66. The van der Waals surface area contributed by atoms with Crippen LogP contribution >= 0.6 is 0 Å². The Morgan fingerprint density at radius 3 is 2.63 bits per heavy atom. The maximum absolute atomic E-state index is 5.50. The number of hydrogen-bond acceptors (Lipinski definition) is 3. The number of rotatable bonds is 8. The normalized spacial score (nSPS) is 11.5. The highest BCUT2D eigenvalue weighted by Gasteiger charge is 2.08. The molecule has 104 valence electrons. The predicted molar refractivity (Wildman–Crippen MR) is 77.0 cm³/mol. The van der Waals surface area contributed by atoms with Crippen molar-refractivity contribution in [3.63, 3.8) is 0 Å². The molecule has 19 heavy (non-hydrogen) atoms. The van der Waals surface area contributed by atoms with Crippen molar-refractivity contribution >= 4 is 10.9 Å². The molecule has 0 saturated carbocycles. The van der Waals surface area contributed by atoms with Crippen molar-refractivity contribution in [3.05, 3.63) is 36.0 Å². The molecule has 0 atom stereocenters. The Balaban J connectivity index is 1.88. The summed E-state index contributed by atoms with van der Waals surface area (Å²) >= 11 is 0. The van der Waals surface area contributed by atoms with Gasteiger partial charge in [-0.2, -0.15) is 0 Å². The molecule has 1 aromatic heterocycles. The number of aromatic amines is 1. The van der Waals surface area contributed by atoms with E-state index in [1.807, 2.05) is 26.1 Å². The fourth-order valence-electron chi connectivity index (χ4n) is 2.14. The molecule has 0 aliphatic heterocycles. The smallest absolute Gasteiger partial charge is 0.169 e. The third-order valence-electron chi connectivity index (χ3n) is 3.01. The number of H-pyrrole nitrogens is 1. The summed E-state index contributed by atoms with van der Waals surface area (Å²) in [6.07, 6.45) is 1.88. The highest BCUT2D eigenvalue weighted by Crippen LogP contribution is 2.17. The van der Waals surface area contributed by atoms with Crippen molar-refractivity contribution in [3.8, 4) is 0 Å². The van der Waals surface area contributed by atoms with Gasteiger partial charge in [-0.1, -0.05) is 18.2 Å². The lowest BCUT2D eigenvalue weighted by atomic mass is 10.2. The van der Waals surface area contributed by atoms with Crippen LogP contribution in [0.3, 0.4) is 0 Å². The number of ether oxygens (including phenoxy) is 2. The monoisotopic (exact) mass is 262 g/mol. The van der Waals surface area contributed by atoms with Gasteiger partial charge in [-0.05, 0) is 25.5 Å². The first-order chi connectivity index (χ1) is 9.35. The molecule has 1 heterocycles. The van der Waals surface area contributed by atoms with E-state index in [1.54, 1.807) is 0 Å². The van der Waals surface area contributed by atoms with Gasteiger partial charge in [0, 0.05) is 43.4 Å². The van der Waals surface area contributed by atoms with Crippen molar-refractivity contribution in [1.29, 1.82) is 0 Å². The zero-order valence-electron chi connectivity index (χ0n) is 11.6. The number of fused-ring (bicyclic) bond motifs is 1. The quantitative estimate of drug-likeness (QED) is 0.719. The van der Waals surface area contributed by atoms with Gasteiger partial charge in [0.2, 0.25) is 0 Å². The van der Waals surface area contributed by atoms with E-state index in [0.29, 0.717) is 19.8 Å². The van der Waals surface area contributed by atoms with Crippen molar-refractivity contribution in [2.24, 2.45) is 0 Å². The Morgan fingerprint density at radius 1 is 1.16 bits per heavy atom. The van der Waals surface area contributed by atoms with Gasteiger partial charge in [0.1, 0.15) is 0 Å². The fourth-order valence-corrected chi connectivity index (χ4v) is 2.14. The molecule has 0 aliphatic rings. The summed E-state index contributed by atoms with van der Waals surface area (Å²) in [5, 5.41) is 4.64. The van der Waals surface area contributed by atoms with E-state index in [4.69, 9.17) is 9.47 Å². The molecule has 0 aliphatic carbocycles. The SMILES string of the molecule is CCOC(CNCc1c[nH]c2ccccc12)OCC. The third-order valence-corrected chi connectivity index (χ3v) is 3.01. The van der Waals surface area contributed by atoms with Crippen LogP contribution in [0.4, 0.5) is 0 Å². The largest absolute Gasteiger partial charge is 0.361 e. The van der Waals surface area contributed by atoms with Crippen LogP contribution in [0.25, 0.3) is 10.9 Å². The van der Waals surface area contributed by atoms with Crippen LogP contribution < -0.4 is 5.32 Å². The molecule has 0 radical (unpaired) electrons. The lowest BCUT2D eigenvalue weighted by Gasteiger charge is -2.17. The molecular weight excluding hydrogens is 240 g/mol. The second-order valence-electron chi connectivity index (χ2n) is 4.33. The van der Waals surface area contributed by atoms with E-state index in [9.17, 15) is 0 Å². The molecule has 4 heteroatoms. The van der Waals surface area contributed by atoms with E-state index in [2.05, 4.69) is 28.5 Å². The summed E-state index contributed by atoms with van der Waals surface area (Å²) in [6.45, 7) is 6.79. The molecule has 2 aromatic rings. The summed E-state index contributed by atoms with van der Waals surface area (Å²) in [4.78, 5) is 3.27. The van der Waals surface area contributed by atoms with Crippen LogP contribution in [0, 0.1) is 0 Å². The highest BCUT2D eigenvalue weighted by atomic mass is 16.7. The van der Waals surface area contributed by atoms with E-state index in [0.717, 1.165) is 6.54 Å². The Morgan fingerprint density at radius 2 is 1.89 bits per heavy atom. The summed E-state index contributed by atoms with van der Waals surface area (Å²) in [6, 6.07) is 8.31. The molecule has 2 rings (SSSR count). The molecule has 1 aromatic carbocycles. The van der Waals surface area contributed by atoms with Crippen LogP contribution in [0.2, 0.25) is 0 Å². The topological polar surface area (TPSA) is 46.3 Å².